The molecule has 0 aliphatic rings. The number of hydrogen-bond acceptors (Lipinski definition) is 2. The molecule has 0 unspecified atom stereocenters. The second kappa shape index (κ2) is 10.7. The first kappa shape index (κ1) is 21.7. The van der Waals surface area contributed by atoms with E-state index in [-0.39, 0.29) is 0 Å². The molecule has 0 aliphatic carbocycles. The third-order valence-corrected chi connectivity index (χ3v) is 5.74. The molecule has 0 saturated carbocycles. The number of pyridine rings is 1. The lowest BCUT2D eigenvalue weighted by atomic mass is 10.1. The summed E-state index contributed by atoms with van der Waals surface area (Å²) in [6.45, 7) is 10.7. The lowest BCUT2D eigenvalue weighted by Gasteiger charge is -2.12. The molecule has 0 saturated heterocycles. The van der Waals surface area contributed by atoms with Gasteiger partial charge in [0.15, 0.2) is 0 Å². The summed E-state index contributed by atoms with van der Waals surface area (Å²) in [5, 5.41) is 2.59. The Kier molecular flexibility index (Phi) is 7.97. The third-order valence-electron chi connectivity index (χ3n) is 5.74. The molecule has 2 heterocycles. The van der Waals surface area contributed by atoms with Gasteiger partial charge in [-0.25, -0.2) is 0 Å². The van der Waals surface area contributed by atoms with Crippen LogP contribution in [-0.2, 0) is 6.54 Å². The van der Waals surface area contributed by atoms with E-state index in [0.717, 1.165) is 31.0 Å². The first-order valence-corrected chi connectivity index (χ1v) is 11.6. The first-order chi connectivity index (χ1) is 14.1. The van der Waals surface area contributed by atoms with Gasteiger partial charge in [0.1, 0.15) is 5.75 Å². The Balaban J connectivity index is 1.65. The number of aryl methyl sites for hydroxylation is 1. The molecule has 0 atom stereocenters. The molecule has 0 spiro atoms. The van der Waals surface area contributed by atoms with Crippen LogP contribution >= 0.6 is 0 Å². The van der Waals surface area contributed by atoms with Crippen LogP contribution in [0.3, 0.4) is 0 Å². The molecular formula is C26H38N2O. The highest BCUT2D eigenvalue weighted by Gasteiger charge is 2.14. The maximum atomic E-state index is 6.12. The highest BCUT2D eigenvalue weighted by molar-refractivity contribution is 6.09. The van der Waals surface area contributed by atoms with Gasteiger partial charge in [-0.15, -0.1) is 0 Å². The summed E-state index contributed by atoms with van der Waals surface area (Å²) in [6.07, 6.45) is 12.5. The van der Waals surface area contributed by atoms with E-state index in [0.29, 0.717) is 5.92 Å². The van der Waals surface area contributed by atoms with E-state index in [2.05, 4.69) is 61.5 Å². The zero-order valence-corrected chi connectivity index (χ0v) is 18.8. The van der Waals surface area contributed by atoms with Crippen LogP contribution in [0.25, 0.3) is 21.8 Å². The normalized spacial score (nSPS) is 11.8. The first-order valence-electron chi connectivity index (χ1n) is 11.6. The predicted molar refractivity (Wildman–Crippen MR) is 125 cm³/mol. The largest absolute Gasteiger partial charge is 0.494 e. The molecule has 0 fully saturated rings. The summed E-state index contributed by atoms with van der Waals surface area (Å²) < 4.78 is 8.55. The maximum Gasteiger partial charge on any atom is 0.121 e. The van der Waals surface area contributed by atoms with Crippen LogP contribution in [0.1, 0.15) is 77.8 Å². The number of hydrogen-bond donors (Lipinski definition) is 0. The molecular weight excluding hydrogens is 356 g/mol. The van der Waals surface area contributed by atoms with Crippen LogP contribution in [0, 0.1) is 12.8 Å². The van der Waals surface area contributed by atoms with Gasteiger partial charge >= 0.3 is 0 Å². The molecule has 3 rings (SSSR count). The van der Waals surface area contributed by atoms with Crippen LogP contribution in [0.15, 0.2) is 30.5 Å². The molecule has 3 aromatic rings. The minimum atomic E-state index is 0.579. The number of benzene rings is 1. The van der Waals surface area contributed by atoms with Gasteiger partial charge in [0.2, 0.25) is 0 Å². The second-order valence-electron chi connectivity index (χ2n) is 8.80. The maximum absolute atomic E-state index is 6.12. The zero-order chi connectivity index (χ0) is 20.6. The molecule has 29 heavy (non-hydrogen) atoms. The molecule has 0 radical (unpaired) electrons. The summed E-state index contributed by atoms with van der Waals surface area (Å²) >= 11 is 0. The lowest BCUT2D eigenvalue weighted by Crippen LogP contribution is -2.05. The van der Waals surface area contributed by atoms with Crippen molar-refractivity contribution >= 4 is 21.8 Å². The van der Waals surface area contributed by atoms with E-state index in [4.69, 9.17) is 4.74 Å². The Morgan fingerprint density at radius 1 is 0.931 bits per heavy atom. The van der Waals surface area contributed by atoms with Crippen molar-refractivity contribution in [2.24, 2.45) is 5.92 Å². The van der Waals surface area contributed by atoms with Gasteiger partial charge in [-0.2, -0.15) is 0 Å². The van der Waals surface area contributed by atoms with Crippen molar-refractivity contribution in [1.29, 1.82) is 0 Å². The van der Waals surface area contributed by atoms with Crippen LogP contribution in [0.5, 0.6) is 5.75 Å². The summed E-state index contributed by atoms with van der Waals surface area (Å²) in [6, 6.07) is 8.71. The van der Waals surface area contributed by atoms with Crippen LogP contribution < -0.4 is 4.74 Å². The Hall–Kier alpha value is -2.03. The Morgan fingerprint density at radius 2 is 1.66 bits per heavy atom. The Morgan fingerprint density at radius 3 is 2.38 bits per heavy atom. The molecule has 3 nitrogen and oxygen atoms in total. The highest BCUT2D eigenvalue weighted by Crippen LogP contribution is 2.33. The topological polar surface area (TPSA) is 27.1 Å². The van der Waals surface area contributed by atoms with E-state index >= 15 is 0 Å². The van der Waals surface area contributed by atoms with E-state index in [1.807, 2.05) is 6.20 Å². The van der Waals surface area contributed by atoms with Gasteiger partial charge in [-0.05, 0) is 37.5 Å². The highest BCUT2D eigenvalue weighted by atomic mass is 16.5. The van der Waals surface area contributed by atoms with Gasteiger partial charge < -0.3 is 9.30 Å². The molecule has 158 valence electrons. The van der Waals surface area contributed by atoms with Crippen molar-refractivity contribution in [1.82, 2.24) is 9.55 Å². The van der Waals surface area contributed by atoms with E-state index < -0.39 is 0 Å². The van der Waals surface area contributed by atoms with Crippen LogP contribution in [0.4, 0.5) is 0 Å². The fourth-order valence-corrected chi connectivity index (χ4v) is 4.27. The number of ether oxygens (including phenoxy) is 1. The number of rotatable bonds is 12. The number of fused-ring (bicyclic) bond motifs is 3. The van der Waals surface area contributed by atoms with Gasteiger partial charge in [-0.1, -0.05) is 65.7 Å². The minimum absolute atomic E-state index is 0.579. The Labute approximate surface area is 176 Å². The lowest BCUT2D eigenvalue weighted by molar-refractivity contribution is 0.304. The van der Waals surface area contributed by atoms with Crippen molar-refractivity contribution in [2.75, 3.05) is 6.61 Å². The van der Waals surface area contributed by atoms with Crippen molar-refractivity contribution < 1.29 is 4.74 Å². The molecule has 3 heteroatoms. The summed E-state index contributed by atoms with van der Waals surface area (Å²) in [4.78, 5) is 4.54. The number of aromatic nitrogens is 2. The van der Waals surface area contributed by atoms with Gasteiger partial charge in [-0.3, -0.25) is 4.98 Å². The average molecular weight is 395 g/mol. The van der Waals surface area contributed by atoms with Gasteiger partial charge in [0.25, 0.3) is 0 Å². The zero-order valence-electron chi connectivity index (χ0n) is 18.8. The standard InChI is InChI=1S/C26H38N2O/c1-5-6-7-8-9-10-11-12-17-29-22-13-14-23-24-15-16-27-21(4)26(24)28(19-20(2)3)25(23)18-22/h13-16,18,20H,5-12,17,19H2,1-4H3. The molecule has 0 bridgehead atoms. The second-order valence-corrected chi connectivity index (χ2v) is 8.80. The summed E-state index contributed by atoms with van der Waals surface area (Å²) in [7, 11) is 0. The van der Waals surface area contributed by atoms with E-state index in [1.54, 1.807) is 0 Å². The average Bonchev–Trinajstić information content (AvgIpc) is 3.00. The van der Waals surface area contributed by atoms with Gasteiger partial charge in [0.05, 0.1) is 23.3 Å². The van der Waals surface area contributed by atoms with Crippen molar-refractivity contribution in [2.45, 2.75) is 85.6 Å². The third kappa shape index (κ3) is 5.52. The molecule has 2 aromatic heterocycles. The predicted octanol–water partition coefficient (Wildman–Crippen LogP) is 7.67. The molecule has 1 aromatic carbocycles. The Bertz CT molecular complexity index is 910. The monoisotopic (exact) mass is 394 g/mol. The van der Waals surface area contributed by atoms with Gasteiger partial charge in [0, 0.05) is 29.6 Å². The van der Waals surface area contributed by atoms with E-state index in [9.17, 15) is 0 Å². The number of nitrogens with zero attached hydrogens (tertiary/aromatic N) is 2. The smallest absolute Gasteiger partial charge is 0.121 e. The van der Waals surface area contributed by atoms with Crippen molar-refractivity contribution in [3.63, 3.8) is 0 Å². The number of unbranched alkanes of at least 4 members (excludes halogenated alkanes) is 7. The molecule has 0 N–H and O–H groups in total. The van der Waals surface area contributed by atoms with Crippen molar-refractivity contribution in [3.05, 3.63) is 36.2 Å². The van der Waals surface area contributed by atoms with Crippen molar-refractivity contribution in [3.8, 4) is 5.75 Å². The summed E-state index contributed by atoms with van der Waals surface area (Å²) in [5.74, 6) is 1.56. The fourth-order valence-electron chi connectivity index (χ4n) is 4.27. The quantitative estimate of drug-likeness (QED) is 0.295. The molecule has 0 aliphatic heterocycles. The van der Waals surface area contributed by atoms with Crippen LogP contribution in [0.2, 0.25) is 0 Å². The molecule has 0 amide bonds. The van der Waals surface area contributed by atoms with Crippen LogP contribution in [-0.4, -0.2) is 16.2 Å². The SMILES string of the molecule is CCCCCCCCCCOc1ccc2c3ccnc(C)c3n(CC(C)C)c2c1. The fraction of sp³-hybridized carbons (Fsp3) is 0.577. The minimum Gasteiger partial charge on any atom is -0.494 e. The van der Waals surface area contributed by atoms with E-state index in [1.165, 1.54) is 66.8 Å². The summed E-state index contributed by atoms with van der Waals surface area (Å²) in [5.41, 5.74) is 3.62.